The van der Waals surface area contributed by atoms with Gasteiger partial charge in [0.1, 0.15) is 24.7 Å². The lowest BCUT2D eigenvalue weighted by atomic mass is 10.3. The Morgan fingerprint density at radius 2 is 2.09 bits per heavy atom. The van der Waals surface area contributed by atoms with E-state index in [0.29, 0.717) is 27.6 Å². The van der Waals surface area contributed by atoms with Crippen molar-refractivity contribution in [3.05, 3.63) is 46.9 Å². The third kappa shape index (κ3) is 3.10. The quantitative estimate of drug-likeness (QED) is 0.556. The van der Waals surface area contributed by atoms with Crippen LogP contribution in [0.15, 0.2) is 46.5 Å². The molecule has 3 aromatic rings. The molecule has 1 aromatic carbocycles. The number of aromatic nitrogens is 3. The Labute approximate surface area is 136 Å². The summed E-state index contributed by atoms with van der Waals surface area (Å²) in [4.78, 5) is 20.3. The molecule has 3 rings (SSSR count). The topological polar surface area (TPSA) is 59.9 Å². The van der Waals surface area contributed by atoms with E-state index in [-0.39, 0.29) is 12.2 Å². The average Bonchev–Trinajstić information content (AvgIpc) is 3.03. The SMILES string of the molecule is CCSc1nc2[nH]ccc2c(=O)n1-c1ccc(OCCF)cc1. The van der Waals surface area contributed by atoms with Crippen molar-refractivity contribution in [1.82, 2.24) is 14.5 Å². The van der Waals surface area contributed by atoms with Crippen LogP contribution in [0.1, 0.15) is 6.92 Å². The maximum absolute atomic E-state index is 12.8. The van der Waals surface area contributed by atoms with E-state index in [2.05, 4.69) is 9.97 Å². The van der Waals surface area contributed by atoms with Crippen molar-refractivity contribution in [2.75, 3.05) is 19.0 Å². The molecule has 0 aliphatic heterocycles. The number of thioether (sulfide) groups is 1. The minimum absolute atomic E-state index is 0.0209. The number of ether oxygens (including phenoxy) is 1. The van der Waals surface area contributed by atoms with Gasteiger partial charge in [0, 0.05) is 6.20 Å². The van der Waals surface area contributed by atoms with E-state index in [1.165, 1.54) is 11.8 Å². The summed E-state index contributed by atoms with van der Waals surface area (Å²) < 4.78 is 19.0. The first kappa shape index (κ1) is 15.6. The molecular formula is C16H16FN3O2S. The fraction of sp³-hybridized carbons (Fsp3) is 0.250. The molecule has 0 spiro atoms. The van der Waals surface area contributed by atoms with Crippen molar-refractivity contribution < 1.29 is 9.13 Å². The minimum atomic E-state index is -0.535. The summed E-state index contributed by atoms with van der Waals surface area (Å²) in [5, 5.41) is 1.17. The summed E-state index contributed by atoms with van der Waals surface area (Å²) in [6.45, 7) is 1.49. The lowest BCUT2D eigenvalue weighted by molar-refractivity contribution is 0.273. The Morgan fingerprint density at radius 3 is 2.78 bits per heavy atom. The maximum atomic E-state index is 12.8. The molecule has 2 heterocycles. The number of nitrogens with one attached hydrogen (secondary N) is 1. The van der Waals surface area contributed by atoms with Gasteiger partial charge in [-0.15, -0.1) is 0 Å². The van der Waals surface area contributed by atoms with Gasteiger partial charge < -0.3 is 9.72 Å². The normalized spacial score (nSPS) is 11.0. The van der Waals surface area contributed by atoms with Crippen LogP contribution in [-0.2, 0) is 0 Å². The molecule has 0 unspecified atom stereocenters. The Balaban J connectivity index is 2.08. The number of nitrogens with zero attached hydrogens (tertiary/aromatic N) is 2. The van der Waals surface area contributed by atoms with Crippen molar-refractivity contribution in [2.45, 2.75) is 12.1 Å². The Kier molecular flexibility index (Phi) is 4.66. The van der Waals surface area contributed by atoms with E-state index in [4.69, 9.17) is 4.74 Å². The molecule has 0 atom stereocenters. The summed E-state index contributed by atoms with van der Waals surface area (Å²) in [6.07, 6.45) is 1.71. The number of hydrogen-bond donors (Lipinski definition) is 1. The molecule has 0 bridgehead atoms. The summed E-state index contributed by atoms with van der Waals surface area (Å²) >= 11 is 1.50. The first-order valence-corrected chi connectivity index (χ1v) is 8.25. The molecule has 0 radical (unpaired) electrons. The van der Waals surface area contributed by atoms with Crippen LogP contribution in [0.4, 0.5) is 4.39 Å². The molecule has 0 saturated carbocycles. The van der Waals surface area contributed by atoms with E-state index in [1.807, 2.05) is 6.92 Å². The summed E-state index contributed by atoms with van der Waals surface area (Å²) in [6, 6.07) is 8.71. The summed E-state index contributed by atoms with van der Waals surface area (Å²) in [5.41, 5.74) is 1.17. The van der Waals surface area contributed by atoms with Crippen molar-refractivity contribution in [3.8, 4) is 11.4 Å². The smallest absolute Gasteiger partial charge is 0.268 e. The lowest BCUT2D eigenvalue weighted by Crippen LogP contribution is -2.21. The van der Waals surface area contributed by atoms with Crippen LogP contribution >= 0.6 is 11.8 Å². The molecule has 5 nitrogen and oxygen atoms in total. The Bertz CT molecular complexity index is 858. The molecule has 7 heteroatoms. The van der Waals surface area contributed by atoms with E-state index in [0.717, 1.165) is 5.75 Å². The van der Waals surface area contributed by atoms with Crippen LogP contribution in [0.25, 0.3) is 16.7 Å². The Morgan fingerprint density at radius 1 is 1.30 bits per heavy atom. The minimum Gasteiger partial charge on any atom is -0.491 e. The molecular weight excluding hydrogens is 317 g/mol. The van der Waals surface area contributed by atoms with Crippen LogP contribution in [0.3, 0.4) is 0 Å². The number of alkyl halides is 1. The van der Waals surface area contributed by atoms with Gasteiger partial charge in [0.25, 0.3) is 5.56 Å². The molecule has 23 heavy (non-hydrogen) atoms. The summed E-state index contributed by atoms with van der Waals surface area (Å²) in [5.74, 6) is 1.37. The molecule has 0 saturated heterocycles. The zero-order chi connectivity index (χ0) is 16.2. The van der Waals surface area contributed by atoms with Crippen LogP contribution in [0, 0.1) is 0 Å². The number of aromatic amines is 1. The third-order valence-corrected chi connectivity index (χ3v) is 4.09. The second-order valence-corrected chi connectivity index (χ2v) is 5.97. The van der Waals surface area contributed by atoms with Gasteiger partial charge >= 0.3 is 0 Å². The lowest BCUT2D eigenvalue weighted by Gasteiger charge is -2.12. The van der Waals surface area contributed by atoms with Crippen molar-refractivity contribution in [1.29, 1.82) is 0 Å². The van der Waals surface area contributed by atoms with Gasteiger partial charge in [0.2, 0.25) is 0 Å². The molecule has 0 aliphatic carbocycles. The third-order valence-electron chi connectivity index (χ3n) is 3.27. The molecule has 0 amide bonds. The highest BCUT2D eigenvalue weighted by atomic mass is 32.2. The van der Waals surface area contributed by atoms with E-state index in [9.17, 15) is 9.18 Å². The van der Waals surface area contributed by atoms with Gasteiger partial charge in [0.05, 0.1) is 11.1 Å². The molecule has 2 aromatic heterocycles. The first-order valence-electron chi connectivity index (χ1n) is 7.26. The number of H-pyrrole nitrogens is 1. The first-order chi connectivity index (χ1) is 11.2. The van der Waals surface area contributed by atoms with Gasteiger partial charge in [-0.25, -0.2) is 9.37 Å². The fourth-order valence-corrected chi connectivity index (χ4v) is 3.01. The van der Waals surface area contributed by atoms with Gasteiger partial charge in [-0.3, -0.25) is 9.36 Å². The monoisotopic (exact) mass is 333 g/mol. The van der Waals surface area contributed by atoms with Crippen molar-refractivity contribution in [2.24, 2.45) is 0 Å². The number of halogens is 1. The Hall–Kier alpha value is -2.28. The highest BCUT2D eigenvalue weighted by Gasteiger charge is 2.13. The number of hydrogen-bond acceptors (Lipinski definition) is 4. The number of benzene rings is 1. The van der Waals surface area contributed by atoms with E-state index < -0.39 is 6.67 Å². The van der Waals surface area contributed by atoms with Crippen LogP contribution in [-0.4, -0.2) is 33.6 Å². The zero-order valence-corrected chi connectivity index (χ0v) is 13.4. The highest BCUT2D eigenvalue weighted by molar-refractivity contribution is 7.99. The largest absolute Gasteiger partial charge is 0.491 e. The molecule has 0 aliphatic rings. The van der Waals surface area contributed by atoms with Gasteiger partial charge in [-0.1, -0.05) is 18.7 Å². The van der Waals surface area contributed by atoms with Crippen molar-refractivity contribution in [3.63, 3.8) is 0 Å². The van der Waals surface area contributed by atoms with E-state index >= 15 is 0 Å². The number of fused-ring (bicyclic) bond motifs is 1. The molecule has 120 valence electrons. The predicted molar refractivity (Wildman–Crippen MR) is 89.6 cm³/mol. The molecule has 1 N–H and O–H groups in total. The summed E-state index contributed by atoms with van der Waals surface area (Å²) in [7, 11) is 0. The van der Waals surface area contributed by atoms with Crippen LogP contribution in [0.5, 0.6) is 5.75 Å². The van der Waals surface area contributed by atoms with E-state index in [1.54, 1.807) is 41.1 Å². The highest BCUT2D eigenvalue weighted by Crippen LogP contribution is 2.22. The van der Waals surface area contributed by atoms with Crippen molar-refractivity contribution >= 4 is 22.8 Å². The van der Waals surface area contributed by atoms with Gasteiger partial charge in [-0.2, -0.15) is 0 Å². The average molecular weight is 333 g/mol. The van der Waals surface area contributed by atoms with Gasteiger partial charge in [-0.05, 0) is 36.1 Å². The van der Waals surface area contributed by atoms with Crippen LogP contribution in [0.2, 0.25) is 0 Å². The molecule has 0 fully saturated rings. The maximum Gasteiger partial charge on any atom is 0.268 e. The van der Waals surface area contributed by atoms with Crippen LogP contribution < -0.4 is 10.3 Å². The second-order valence-electron chi connectivity index (χ2n) is 4.74. The van der Waals surface area contributed by atoms with Gasteiger partial charge in [0.15, 0.2) is 5.16 Å². The second kappa shape index (κ2) is 6.87. The standard InChI is InChI=1S/C16H16FN3O2S/c1-2-23-16-19-14-13(7-9-18-14)15(21)20(16)11-3-5-12(6-4-11)22-10-8-17/h3-7,9,18H,2,8,10H2,1H3. The predicted octanol–water partition coefficient (Wildman–Crippen LogP) is 3.17. The fourth-order valence-electron chi connectivity index (χ4n) is 2.28. The number of rotatable bonds is 6. The zero-order valence-electron chi connectivity index (χ0n) is 12.6.